The predicted molar refractivity (Wildman–Crippen MR) is 62.4 cm³/mol. The number of ether oxygens (including phenoxy) is 2. The van der Waals surface area contributed by atoms with Gasteiger partial charge in [0.15, 0.2) is 0 Å². The van der Waals surface area contributed by atoms with Crippen molar-refractivity contribution in [2.24, 2.45) is 0 Å². The Morgan fingerprint density at radius 3 is 1.93 bits per heavy atom. The molecular weight excluding hydrogens is 192 g/mol. The van der Waals surface area contributed by atoms with Gasteiger partial charge in [-0.25, -0.2) is 0 Å². The molecule has 1 aliphatic carbocycles. The van der Waals surface area contributed by atoms with Crippen LogP contribution in [0.4, 0.5) is 0 Å². The van der Waals surface area contributed by atoms with Crippen LogP contribution in [0, 0.1) is 0 Å². The van der Waals surface area contributed by atoms with Gasteiger partial charge in [0.1, 0.15) is 5.91 Å². The Bertz CT molecular complexity index is 129. The normalized spacial score (nSPS) is 21.6. The first-order valence-corrected chi connectivity index (χ1v) is 7.55. The summed E-state index contributed by atoms with van der Waals surface area (Å²) in [5.41, 5.74) is 0.959. The summed E-state index contributed by atoms with van der Waals surface area (Å²) in [5.74, 6) is 0.152. The first-order valence-electron chi connectivity index (χ1n) is 5.92. The maximum Gasteiger partial charge on any atom is 0.134 e. The zero-order valence-electron chi connectivity index (χ0n) is 9.63. The lowest BCUT2D eigenvalue weighted by Gasteiger charge is -2.22. The highest BCUT2D eigenvalue weighted by molar-refractivity contribution is 6.38. The maximum atomic E-state index is 5.31. The Labute approximate surface area is 90.2 Å². The van der Waals surface area contributed by atoms with Crippen molar-refractivity contribution in [2.45, 2.75) is 56.4 Å². The highest BCUT2D eigenvalue weighted by Gasteiger charge is 2.17. The summed E-state index contributed by atoms with van der Waals surface area (Å²) in [4.78, 5) is 0. The van der Waals surface area contributed by atoms with Crippen LogP contribution in [0.3, 0.4) is 0 Å². The quantitative estimate of drug-likeness (QED) is 0.530. The van der Waals surface area contributed by atoms with Crippen molar-refractivity contribution in [3.8, 4) is 0 Å². The molecule has 14 heavy (non-hydrogen) atoms. The van der Waals surface area contributed by atoms with Gasteiger partial charge >= 0.3 is 0 Å². The molecule has 2 nitrogen and oxygen atoms in total. The zero-order chi connectivity index (χ0) is 10.2. The highest BCUT2D eigenvalue weighted by Crippen LogP contribution is 2.26. The van der Waals surface area contributed by atoms with E-state index in [1.165, 1.54) is 44.9 Å². The van der Waals surface area contributed by atoms with E-state index in [4.69, 9.17) is 9.47 Å². The topological polar surface area (TPSA) is 18.5 Å². The van der Waals surface area contributed by atoms with Gasteiger partial charge in [-0.3, -0.25) is 0 Å². The van der Waals surface area contributed by atoms with Crippen LogP contribution < -0.4 is 0 Å². The van der Waals surface area contributed by atoms with Crippen LogP contribution in [0.25, 0.3) is 0 Å². The Balaban J connectivity index is 2.25. The fourth-order valence-corrected chi connectivity index (χ4v) is 4.32. The number of methoxy groups -OCH3 is 2. The number of hydrogen-bond acceptors (Lipinski definition) is 2. The lowest BCUT2D eigenvalue weighted by Crippen LogP contribution is -2.25. The van der Waals surface area contributed by atoms with Crippen LogP contribution >= 0.6 is 0 Å². The van der Waals surface area contributed by atoms with E-state index in [-0.39, 0.29) is 15.4 Å². The lowest BCUT2D eigenvalue weighted by molar-refractivity contribution is -0.0450. The smallest absolute Gasteiger partial charge is 0.134 e. The Hall–Kier alpha value is 0.137. The van der Waals surface area contributed by atoms with E-state index in [1.807, 2.05) is 0 Å². The van der Waals surface area contributed by atoms with Crippen LogP contribution in [-0.4, -0.2) is 29.7 Å². The summed E-state index contributed by atoms with van der Waals surface area (Å²) in [6, 6.07) is 0. The third kappa shape index (κ3) is 4.58. The molecule has 3 heteroatoms. The summed E-state index contributed by atoms with van der Waals surface area (Å²) < 4.78 is 10.6. The van der Waals surface area contributed by atoms with Crippen molar-refractivity contribution < 1.29 is 9.47 Å². The Kier molecular flexibility index (Phi) is 6.48. The van der Waals surface area contributed by atoms with Gasteiger partial charge in [-0.15, -0.1) is 0 Å². The molecule has 0 N–H and O–H groups in total. The monoisotopic (exact) mass is 216 g/mol. The highest BCUT2D eigenvalue weighted by atomic mass is 28.2. The molecule has 0 heterocycles. The second-order valence-corrected chi connectivity index (χ2v) is 6.64. The molecule has 0 aromatic rings. The molecule has 1 saturated carbocycles. The van der Waals surface area contributed by atoms with Crippen molar-refractivity contribution >= 4 is 9.52 Å². The van der Waals surface area contributed by atoms with Crippen molar-refractivity contribution in [3.63, 3.8) is 0 Å². The molecule has 0 aromatic heterocycles. The van der Waals surface area contributed by atoms with Gasteiger partial charge in [0, 0.05) is 14.2 Å². The first-order chi connectivity index (χ1) is 6.86. The molecule has 84 valence electrons. The molecule has 0 atom stereocenters. The summed E-state index contributed by atoms with van der Waals surface area (Å²) in [6.45, 7) is 0. The molecule has 1 aliphatic rings. The lowest BCUT2D eigenvalue weighted by atomic mass is 10.0. The molecule has 1 rings (SSSR count). The van der Waals surface area contributed by atoms with Crippen LogP contribution in [0.5, 0.6) is 0 Å². The van der Waals surface area contributed by atoms with E-state index in [1.54, 1.807) is 14.2 Å². The van der Waals surface area contributed by atoms with Crippen molar-refractivity contribution in [3.05, 3.63) is 0 Å². The second-order valence-electron chi connectivity index (χ2n) is 4.35. The molecule has 0 radical (unpaired) electrons. The molecule has 0 saturated heterocycles. The minimum atomic E-state index is -0.203. The van der Waals surface area contributed by atoms with Gasteiger partial charge in [-0.1, -0.05) is 44.9 Å². The average Bonchev–Trinajstić information content (AvgIpc) is 2.16. The third-order valence-electron chi connectivity index (χ3n) is 3.28. The second kappa shape index (κ2) is 7.43. The summed E-state index contributed by atoms with van der Waals surface area (Å²) in [7, 11) is 3.33. The molecule has 0 aromatic carbocycles. The van der Waals surface area contributed by atoms with Crippen molar-refractivity contribution in [1.82, 2.24) is 0 Å². The molecule has 1 fully saturated rings. The van der Waals surface area contributed by atoms with E-state index >= 15 is 0 Å². The molecular formula is C11H24O2Si. The molecule has 0 aliphatic heterocycles. The summed E-state index contributed by atoms with van der Waals surface area (Å²) >= 11 is 0. The third-order valence-corrected chi connectivity index (χ3v) is 5.81. The Morgan fingerprint density at radius 1 is 0.929 bits per heavy atom. The van der Waals surface area contributed by atoms with Crippen LogP contribution in [0.1, 0.15) is 44.9 Å². The molecule has 0 unspecified atom stereocenters. The van der Waals surface area contributed by atoms with Gasteiger partial charge < -0.3 is 9.47 Å². The largest absolute Gasteiger partial charge is 0.360 e. The number of rotatable bonds is 4. The molecule has 0 amide bonds. The van der Waals surface area contributed by atoms with Gasteiger partial charge in [0.2, 0.25) is 0 Å². The Morgan fingerprint density at radius 2 is 1.43 bits per heavy atom. The summed E-state index contributed by atoms with van der Waals surface area (Å²) in [6.07, 6.45) is 10.0. The minimum absolute atomic E-state index is 0.152. The van der Waals surface area contributed by atoms with Crippen LogP contribution in [0.15, 0.2) is 0 Å². The fourth-order valence-electron chi connectivity index (χ4n) is 2.34. The summed E-state index contributed by atoms with van der Waals surface area (Å²) in [5, 5.41) is 0. The van der Waals surface area contributed by atoms with E-state index in [2.05, 4.69) is 0 Å². The van der Waals surface area contributed by atoms with E-state index < -0.39 is 0 Å². The van der Waals surface area contributed by atoms with Gasteiger partial charge in [0.05, 0.1) is 9.52 Å². The van der Waals surface area contributed by atoms with Crippen molar-refractivity contribution in [2.75, 3.05) is 14.2 Å². The fraction of sp³-hybridized carbons (Fsp3) is 1.00. The SMILES string of the molecule is COC(OC)[SiH2]C1CCCCCCC1. The van der Waals surface area contributed by atoms with Crippen molar-refractivity contribution in [1.29, 1.82) is 0 Å². The van der Waals surface area contributed by atoms with E-state index in [0.29, 0.717) is 0 Å². The zero-order valence-corrected chi connectivity index (χ0v) is 11.0. The number of hydrogen-bond donors (Lipinski definition) is 0. The average molecular weight is 216 g/mol. The molecule has 0 spiro atoms. The van der Waals surface area contributed by atoms with Crippen LogP contribution in [-0.2, 0) is 9.47 Å². The van der Waals surface area contributed by atoms with Gasteiger partial charge in [-0.05, 0) is 5.54 Å². The van der Waals surface area contributed by atoms with Crippen LogP contribution in [0.2, 0.25) is 5.54 Å². The molecule has 0 bridgehead atoms. The predicted octanol–water partition coefficient (Wildman–Crippen LogP) is 2.26. The first kappa shape index (κ1) is 12.2. The van der Waals surface area contributed by atoms with Gasteiger partial charge in [0.25, 0.3) is 0 Å². The standard InChI is InChI=1S/C11H24O2Si/c1-12-11(13-2)14-10-8-6-4-3-5-7-9-10/h10-11H,3-9,14H2,1-2H3. The van der Waals surface area contributed by atoms with E-state index in [9.17, 15) is 0 Å². The maximum absolute atomic E-state index is 5.31. The van der Waals surface area contributed by atoms with E-state index in [0.717, 1.165) is 5.54 Å². The minimum Gasteiger partial charge on any atom is -0.360 e. The van der Waals surface area contributed by atoms with Gasteiger partial charge in [-0.2, -0.15) is 0 Å².